The Morgan fingerprint density at radius 1 is 1.40 bits per heavy atom. The zero-order chi connectivity index (χ0) is 11.1. The summed E-state index contributed by atoms with van der Waals surface area (Å²) < 4.78 is 13.6. The van der Waals surface area contributed by atoms with E-state index in [2.05, 4.69) is 0 Å². The second kappa shape index (κ2) is 3.60. The molecule has 0 fully saturated rings. The summed E-state index contributed by atoms with van der Waals surface area (Å²) >= 11 is 0. The standard InChI is InChI=1S/C13H18FN/c1-13(2,15)10-7-6-9-4-3-5-12(14)11(9)8-10/h3-5,10H,6-8,15H2,1-2H3. The number of hydrogen-bond acceptors (Lipinski definition) is 1. The number of aryl methyl sites for hydroxylation is 1. The van der Waals surface area contributed by atoms with Gasteiger partial charge in [-0.2, -0.15) is 0 Å². The Kier molecular flexibility index (Phi) is 2.55. The van der Waals surface area contributed by atoms with Gasteiger partial charge < -0.3 is 5.73 Å². The molecule has 0 radical (unpaired) electrons. The zero-order valence-electron chi connectivity index (χ0n) is 9.39. The molecule has 1 aromatic rings. The minimum absolute atomic E-state index is 0.0681. The van der Waals surface area contributed by atoms with Crippen molar-refractivity contribution in [3.63, 3.8) is 0 Å². The van der Waals surface area contributed by atoms with Crippen LogP contribution in [0.2, 0.25) is 0 Å². The van der Waals surface area contributed by atoms with E-state index in [-0.39, 0.29) is 11.4 Å². The molecule has 2 N–H and O–H groups in total. The zero-order valence-corrected chi connectivity index (χ0v) is 9.39. The Morgan fingerprint density at radius 3 is 2.80 bits per heavy atom. The van der Waals surface area contributed by atoms with Gasteiger partial charge in [-0.15, -0.1) is 0 Å². The van der Waals surface area contributed by atoms with Crippen LogP contribution in [-0.2, 0) is 12.8 Å². The van der Waals surface area contributed by atoms with Crippen LogP contribution in [0, 0.1) is 11.7 Å². The Hall–Kier alpha value is -0.890. The van der Waals surface area contributed by atoms with Crippen LogP contribution in [0.3, 0.4) is 0 Å². The lowest BCUT2D eigenvalue weighted by molar-refractivity contribution is 0.285. The van der Waals surface area contributed by atoms with Crippen LogP contribution in [-0.4, -0.2) is 5.54 Å². The first-order valence-electron chi connectivity index (χ1n) is 5.53. The van der Waals surface area contributed by atoms with Gasteiger partial charge in [-0.05, 0) is 56.2 Å². The molecule has 1 aromatic carbocycles. The van der Waals surface area contributed by atoms with E-state index in [9.17, 15) is 4.39 Å². The number of halogens is 1. The van der Waals surface area contributed by atoms with E-state index in [1.807, 2.05) is 19.9 Å². The predicted molar refractivity (Wildman–Crippen MR) is 60.2 cm³/mol. The highest BCUT2D eigenvalue weighted by molar-refractivity contribution is 5.31. The molecule has 1 aliphatic carbocycles. The van der Waals surface area contributed by atoms with E-state index in [1.165, 1.54) is 0 Å². The van der Waals surface area contributed by atoms with E-state index in [1.54, 1.807) is 12.1 Å². The molecule has 0 spiro atoms. The fourth-order valence-electron chi connectivity index (χ4n) is 2.38. The van der Waals surface area contributed by atoms with E-state index in [0.717, 1.165) is 30.4 Å². The lowest BCUT2D eigenvalue weighted by atomic mass is 9.75. The van der Waals surface area contributed by atoms with Gasteiger partial charge in [0.2, 0.25) is 0 Å². The molecule has 1 nitrogen and oxygen atoms in total. The van der Waals surface area contributed by atoms with Gasteiger partial charge in [-0.1, -0.05) is 12.1 Å². The van der Waals surface area contributed by atoms with Crippen LogP contribution >= 0.6 is 0 Å². The minimum atomic E-state index is -0.208. The lowest BCUT2D eigenvalue weighted by Crippen LogP contribution is -2.43. The van der Waals surface area contributed by atoms with Crippen LogP contribution in [0.25, 0.3) is 0 Å². The summed E-state index contributed by atoms with van der Waals surface area (Å²) in [7, 11) is 0. The van der Waals surface area contributed by atoms with Crippen molar-refractivity contribution < 1.29 is 4.39 Å². The van der Waals surface area contributed by atoms with Gasteiger partial charge in [0.05, 0.1) is 0 Å². The summed E-state index contributed by atoms with van der Waals surface area (Å²) in [5, 5.41) is 0. The van der Waals surface area contributed by atoms with Crippen molar-refractivity contribution >= 4 is 0 Å². The Bertz CT molecular complexity index is 365. The number of rotatable bonds is 1. The summed E-state index contributed by atoms with van der Waals surface area (Å²) in [6, 6.07) is 5.37. The molecule has 15 heavy (non-hydrogen) atoms. The smallest absolute Gasteiger partial charge is 0.126 e. The maximum absolute atomic E-state index is 13.6. The fraction of sp³-hybridized carbons (Fsp3) is 0.538. The molecule has 2 heteroatoms. The molecular formula is C13H18FN. The molecule has 0 aliphatic heterocycles. The maximum atomic E-state index is 13.6. The van der Waals surface area contributed by atoms with Crippen molar-refractivity contribution in [1.82, 2.24) is 0 Å². The molecule has 0 saturated heterocycles. The van der Waals surface area contributed by atoms with Gasteiger partial charge in [0.25, 0.3) is 0 Å². The highest BCUT2D eigenvalue weighted by Gasteiger charge is 2.30. The summed E-state index contributed by atoms with van der Waals surface area (Å²) in [4.78, 5) is 0. The van der Waals surface area contributed by atoms with Gasteiger partial charge in [0, 0.05) is 5.54 Å². The Balaban J connectivity index is 2.30. The predicted octanol–water partition coefficient (Wildman–Crippen LogP) is 2.67. The summed E-state index contributed by atoms with van der Waals surface area (Å²) in [5.41, 5.74) is 7.93. The number of nitrogens with two attached hydrogens (primary N) is 1. The summed E-state index contributed by atoms with van der Waals surface area (Å²) in [6.45, 7) is 4.06. The van der Waals surface area contributed by atoms with E-state index in [4.69, 9.17) is 5.73 Å². The Morgan fingerprint density at radius 2 is 2.13 bits per heavy atom. The normalized spacial score (nSPS) is 21.2. The fourth-order valence-corrected chi connectivity index (χ4v) is 2.38. The van der Waals surface area contributed by atoms with Crippen LogP contribution in [0.1, 0.15) is 31.4 Å². The summed E-state index contributed by atoms with van der Waals surface area (Å²) in [5.74, 6) is 0.323. The van der Waals surface area contributed by atoms with Crippen LogP contribution in [0.4, 0.5) is 4.39 Å². The molecule has 2 rings (SSSR count). The second-order valence-corrected chi connectivity index (χ2v) is 5.14. The van der Waals surface area contributed by atoms with Crippen molar-refractivity contribution in [1.29, 1.82) is 0 Å². The topological polar surface area (TPSA) is 26.0 Å². The van der Waals surface area contributed by atoms with Gasteiger partial charge in [-0.25, -0.2) is 4.39 Å². The van der Waals surface area contributed by atoms with Crippen molar-refractivity contribution in [2.75, 3.05) is 0 Å². The third-order valence-corrected chi connectivity index (χ3v) is 3.48. The average molecular weight is 207 g/mol. The SMILES string of the molecule is CC(C)(N)C1CCc2cccc(F)c2C1. The minimum Gasteiger partial charge on any atom is -0.325 e. The monoisotopic (exact) mass is 207 g/mol. The van der Waals surface area contributed by atoms with E-state index < -0.39 is 0 Å². The van der Waals surface area contributed by atoms with Crippen LogP contribution in [0.5, 0.6) is 0 Å². The van der Waals surface area contributed by atoms with Crippen molar-refractivity contribution in [2.24, 2.45) is 11.7 Å². The molecule has 1 aliphatic rings. The molecule has 1 unspecified atom stereocenters. The molecule has 0 aromatic heterocycles. The molecule has 0 saturated carbocycles. The van der Waals surface area contributed by atoms with E-state index in [0.29, 0.717) is 5.92 Å². The highest BCUT2D eigenvalue weighted by Crippen LogP contribution is 2.32. The highest BCUT2D eigenvalue weighted by atomic mass is 19.1. The van der Waals surface area contributed by atoms with Gasteiger partial charge in [0.1, 0.15) is 5.82 Å². The van der Waals surface area contributed by atoms with E-state index >= 15 is 0 Å². The molecule has 0 bridgehead atoms. The van der Waals surface area contributed by atoms with Crippen molar-refractivity contribution in [3.05, 3.63) is 35.1 Å². The summed E-state index contributed by atoms with van der Waals surface area (Å²) in [6.07, 6.45) is 2.81. The lowest BCUT2D eigenvalue weighted by Gasteiger charge is -2.34. The largest absolute Gasteiger partial charge is 0.325 e. The molecule has 82 valence electrons. The first-order valence-corrected chi connectivity index (χ1v) is 5.53. The molecular weight excluding hydrogens is 189 g/mol. The molecule has 0 heterocycles. The average Bonchev–Trinajstić information content (AvgIpc) is 2.16. The van der Waals surface area contributed by atoms with Crippen LogP contribution in [0.15, 0.2) is 18.2 Å². The molecule has 0 amide bonds. The Labute approximate surface area is 90.5 Å². The first-order chi connectivity index (χ1) is 6.98. The van der Waals surface area contributed by atoms with Gasteiger partial charge in [-0.3, -0.25) is 0 Å². The third kappa shape index (κ3) is 2.05. The quantitative estimate of drug-likeness (QED) is 0.752. The maximum Gasteiger partial charge on any atom is 0.126 e. The van der Waals surface area contributed by atoms with Crippen molar-refractivity contribution in [2.45, 2.75) is 38.6 Å². The number of benzene rings is 1. The molecule has 1 atom stereocenters. The third-order valence-electron chi connectivity index (χ3n) is 3.48. The second-order valence-electron chi connectivity index (χ2n) is 5.14. The van der Waals surface area contributed by atoms with Gasteiger partial charge in [0.15, 0.2) is 0 Å². The number of fused-ring (bicyclic) bond motifs is 1. The first kappa shape index (κ1) is 10.6. The van der Waals surface area contributed by atoms with Crippen molar-refractivity contribution in [3.8, 4) is 0 Å². The van der Waals surface area contributed by atoms with Gasteiger partial charge >= 0.3 is 0 Å². The number of hydrogen-bond donors (Lipinski definition) is 1. The van der Waals surface area contributed by atoms with Crippen LogP contribution < -0.4 is 5.73 Å².